The number of halogens is 2. The smallest absolute Gasteiger partial charge is 0.270 e. The number of carbonyl (C=O) groups is 1. The van der Waals surface area contributed by atoms with E-state index in [1.807, 2.05) is 0 Å². The van der Waals surface area contributed by atoms with Crippen LogP contribution in [0.3, 0.4) is 0 Å². The number of aromatic nitrogens is 2. The van der Waals surface area contributed by atoms with E-state index in [0.29, 0.717) is 27.7 Å². The molecule has 8 nitrogen and oxygen atoms in total. The molecule has 0 radical (unpaired) electrons. The summed E-state index contributed by atoms with van der Waals surface area (Å²) in [5.74, 6) is -4.08. The van der Waals surface area contributed by atoms with Crippen molar-refractivity contribution in [3.63, 3.8) is 0 Å². The van der Waals surface area contributed by atoms with Crippen LogP contribution in [0.25, 0.3) is 16.5 Å². The zero-order chi connectivity index (χ0) is 23.5. The van der Waals surface area contributed by atoms with E-state index in [1.54, 1.807) is 51.5 Å². The molecule has 0 bridgehead atoms. The largest absolute Gasteiger partial charge is 0.513 e. The van der Waals surface area contributed by atoms with Crippen molar-refractivity contribution < 1.29 is 18.7 Å². The Bertz CT molecular complexity index is 1170. The van der Waals surface area contributed by atoms with Crippen LogP contribution in [0.5, 0.6) is 0 Å². The first kappa shape index (κ1) is 23.1. The minimum atomic E-state index is -2.85. The van der Waals surface area contributed by atoms with Crippen molar-refractivity contribution in [3.05, 3.63) is 58.5 Å². The molecule has 0 spiro atoms. The zero-order valence-electron chi connectivity index (χ0n) is 18.0. The quantitative estimate of drug-likeness (QED) is 0.328. The number of benzene rings is 1. The van der Waals surface area contributed by atoms with Crippen LogP contribution in [-0.2, 0) is 11.3 Å². The molecule has 3 rings (SSSR count). The molecule has 32 heavy (non-hydrogen) atoms. The summed E-state index contributed by atoms with van der Waals surface area (Å²) >= 11 is 0. The molecule has 1 aliphatic carbocycles. The Morgan fingerprint density at radius 3 is 2.78 bits per heavy atom. The highest BCUT2D eigenvalue weighted by molar-refractivity contribution is 6.11. The van der Waals surface area contributed by atoms with Gasteiger partial charge in [-0.05, 0) is 23.8 Å². The molecule has 1 aromatic carbocycles. The van der Waals surface area contributed by atoms with Gasteiger partial charge in [-0.25, -0.2) is 13.8 Å². The first-order valence-corrected chi connectivity index (χ1v) is 10.0. The van der Waals surface area contributed by atoms with Gasteiger partial charge in [0.05, 0.1) is 34.9 Å². The Kier molecular flexibility index (Phi) is 6.71. The summed E-state index contributed by atoms with van der Waals surface area (Å²) < 4.78 is 27.4. The highest BCUT2D eigenvalue weighted by Gasteiger charge is 2.58. The van der Waals surface area contributed by atoms with Crippen molar-refractivity contribution >= 4 is 28.6 Å². The van der Waals surface area contributed by atoms with Crippen LogP contribution in [-0.4, -0.2) is 52.8 Å². The summed E-state index contributed by atoms with van der Waals surface area (Å²) in [6, 6.07) is 4.01. The third kappa shape index (κ3) is 5.01. The second-order valence-corrected chi connectivity index (χ2v) is 7.68. The van der Waals surface area contributed by atoms with Crippen LogP contribution in [0.15, 0.2) is 52.3 Å². The number of amides is 1. The molecule has 1 amide bonds. The fourth-order valence-electron chi connectivity index (χ4n) is 3.21. The van der Waals surface area contributed by atoms with Crippen LogP contribution in [0, 0.1) is 5.92 Å². The van der Waals surface area contributed by atoms with Gasteiger partial charge in [0.1, 0.15) is 6.26 Å². The van der Waals surface area contributed by atoms with Crippen LogP contribution in [0.4, 0.5) is 8.78 Å². The minimum absolute atomic E-state index is 0.00634. The molecule has 1 aromatic heterocycles. The second kappa shape index (κ2) is 9.29. The number of carbonyl (C=O) groups excluding carboxylic acids is 1. The molecular weight excluding hydrogens is 420 g/mol. The van der Waals surface area contributed by atoms with E-state index >= 15 is 0 Å². The first-order chi connectivity index (χ1) is 15.2. The highest BCUT2D eigenvalue weighted by Crippen LogP contribution is 2.41. The molecule has 10 heteroatoms. The molecule has 2 unspecified atom stereocenters. The second-order valence-electron chi connectivity index (χ2n) is 7.68. The van der Waals surface area contributed by atoms with Gasteiger partial charge in [-0.3, -0.25) is 19.1 Å². The lowest BCUT2D eigenvalue weighted by Crippen LogP contribution is -2.37. The van der Waals surface area contributed by atoms with Crippen LogP contribution >= 0.6 is 0 Å². The van der Waals surface area contributed by atoms with E-state index in [2.05, 4.69) is 20.6 Å². The summed E-state index contributed by atoms with van der Waals surface area (Å²) in [5, 5.41) is 14.8. The summed E-state index contributed by atoms with van der Waals surface area (Å²) in [7, 11) is 3.26. The monoisotopic (exact) mass is 445 g/mol. The van der Waals surface area contributed by atoms with E-state index < -0.39 is 23.8 Å². The van der Waals surface area contributed by atoms with Gasteiger partial charge in [0.25, 0.3) is 11.5 Å². The molecule has 1 fully saturated rings. The van der Waals surface area contributed by atoms with Gasteiger partial charge >= 0.3 is 0 Å². The van der Waals surface area contributed by atoms with Crippen LogP contribution < -0.4 is 16.2 Å². The number of aliphatic hydroxyl groups is 1. The molecule has 1 aliphatic rings. The lowest BCUT2D eigenvalue weighted by atomic mass is 10.0. The molecule has 0 aliphatic heterocycles. The van der Waals surface area contributed by atoms with E-state index in [4.69, 9.17) is 0 Å². The van der Waals surface area contributed by atoms with Gasteiger partial charge in [0, 0.05) is 38.8 Å². The number of likely N-dealkylation sites (N-methyl/N-ethyl adjacent to an activating group) is 1. The predicted octanol–water partition coefficient (Wildman–Crippen LogP) is 2.26. The average molecular weight is 445 g/mol. The average Bonchev–Trinajstić information content (AvgIpc) is 3.38. The number of hydrogen-bond acceptors (Lipinski definition) is 6. The van der Waals surface area contributed by atoms with Crippen molar-refractivity contribution in [1.82, 2.24) is 20.2 Å². The number of fused-ring (bicyclic) bond motifs is 1. The molecule has 2 atom stereocenters. The number of aliphatic hydroxyl groups excluding tert-OH is 1. The lowest BCUT2D eigenvalue weighted by Gasteiger charge is -2.14. The van der Waals surface area contributed by atoms with Gasteiger partial charge in [-0.2, -0.15) is 0 Å². The Morgan fingerprint density at radius 1 is 1.47 bits per heavy atom. The van der Waals surface area contributed by atoms with Crippen molar-refractivity contribution in [2.24, 2.45) is 10.9 Å². The maximum Gasteiger partial charge on any atom is 0.270 e. The zero-order valence-corrected chi connectivity index (χ0v) is 18.0. The van der Waals surface area contributed by atoms with E-state index in [-0.39, 0.29) is 18.5 Å². The molecule has 2 aromatic rings. The Labute approximate surface area is 183 Å². The molecular formula is C22H25F2N5O3. The van der Waals surface area contributed by atoms with Crippen LogP contribution in [0.2, 0.25) is 0 Å². The van der Waals surface area contributed by atoms with Gasteiger partial charge in [-0.1, -0.05) is 13.0 Å². The van der Waals surface area contributed by atoms with Crippen molar-refractivity contribution in [2.45, 2.75) is 31.9 Å². The van der Waals surface area contributed by atoms with E-state index in [9.17, 15) is 23.5 Å². The molecule has 1 heterocycles. The molecule has 1 saturated carbocycles. The van der Waals surface area contributed by atoms with Gasteiger partial charge in [0.2, 0.25) is 5.91 Å². The van der Waals surface area contributed by atoms with Gasteiger partial charge in [-0.15, -0.1) is 0 Å². The van der Waals surface area contributed by atoms with Gasteiger partial charge in [0.15, 0.2) is 0 Å². The molecule has 0 saturated heterocycles. The Hall–Kier alpha value is -3.56. The molecule has 170 valence electrons. The molecule has 3 N–H and O–H groups in total. The Morgan fingerprint density at radius 2 is 2.19 bits per heavy atom. The number of nitrogens with one attached hydrogen (secondary N) is 2. The predicted molar refractivity (Wildman–Crippen MR) is 119 cm³/mol. The topological polar surface area (TPSA) is 109 Å². The fourth-order valence-corrected chi connectivity index (χ4v) is 3.21. The SMILES string of the molecule is C\N=C/C(=C\C(=C\O)NC)c1ccc2ncn(CC(C)C(=O)NC3CC3(F)F)c(=O)c2c1. The summed E-state index contributed by atoms with van der Waals surface area (Å²) in [6.45, 7) is 1.58. The number of alkyl halides is 2. The number of nitrogens with zero attached hydrogens (tertiary/aromatic N) is 3. The minimum Gasteiger partial charge on any atom is -0.513 e. The maximum absolute atomic E-state index is 13.1. The number of rotatable bonds is 8. The van der Waals surface area contributed by atoms with Crippen molar-refractivity contribution in [3.8, 4) is 0 Å². The summed E-state index contributed by atoms with van der Waals surface area (Å²) in [6.07, 6.45) is 5.17. The maximum atomic E-state index is 13.1. The van der Waals surface area contributed by atoms with Gasteiger partial charge < -0.3 is 15.7 Å². The third-order valence-electron chi connectivity index (χ3n) is 5.22. The normalized spacial score (nSPS) is 19.2. The standard InChI is InChI=1S/C22H25F2N5O3/c1-13(20(31)28-19-8-22(19,23)24)10-29-12-27-18-5-4-14(7-17(18)21(29)32)15(9-25-2)6-16(11-30)26-3/h4-7,9,11-13,19,26,30H,8,10H2,1-3H3,(H,28,31)/b15-6+,16-11-,25-9-. The van der Waals surface area contributed by atoms with Crippen LogP contribution in [0.1, 0.15) is 18.9 Å². The van der Waals surface area contributed by atoms with E-state index in [1.165, 1.54) is 10.9 Å². The van der Waals surface area contributed by atoms with Crippen molar-refractivity contribution in [1.29, 1.82) is 0 Å². The Balaban J connectivity index is 1.90. The number of allylic oxidation sites excluding steroid dienone is 2. The lowest BCUT2D eigenvalue weighted by molar-refractivity contribution is -0.125. The van der Waals surface area contributed by atoms with Crippen molar-refractivity contribution in [2.75, 3.05) is 14.1 Å². The summed E-state index contributed by atoms with van der Waals surface area (Å²) in [4.78, 5) is 33.6. The van der Waals surface area contributed by atoms with E-state index in [0.717, 1.165) is 6.26 Å². The number of hydrogen-bond donors (Lipinski definition) is 3. The summed E-state index contributed by atoms with van der Waals surface area (Å²) in [5.41, 5.74) is 1.90. The third-order valence-corrected chi connectivity index (χ3v) is 5.22. The highest BCUT2D eigenvalue weighted by atomic mass is 19.3. The first-order valence-electron chi connectivity index (χ1n) is 10.0. The fraction of sp³-hybridized carbons (Fsp3) is 0.364. The number of aliphatic imine (C=N–C) groups is 1.